The Labute approximate surface area is 209 Å². The number of hydrogen-bond acceptors (Lipinski definition) is 8. The van der Waals surface area contributed by atoms with Crippen LogP contribution >= 0.6 is 0 Å². The molecule has 8 rings (SSSR count). The molecule has 3 aromatic rings. The van der Waals surface area contributed by atoms with E-state index >= 15 is 0 Å². The Hall–Kier alpha value is -3.30. The summed E-state index contributed by atoms with van der Waals surface area (Å²) >= 11 is 0. The molecule has 1 N–H and O–H groups in total. The van der Waals surface area contributed by atoms with Crippen LogP contribution in [-0.4, -0.2) is 78.5 Å². The van der Waals surface area contributed by atoms with Crippen LogP contribution in [0.2, 0.25) is 0 Å². The zero-order chi connectivity index (χ0) is 24.2. The molecule has 0 aliphatic carbocycles. The summed E-state index contributed by atoms with van der Waals surface area (Å²) in [6, 6.07) is 10.0. The average molecular weight is 487 g/mol. The van der Waals surface area contributed by atoms with Gasteiger partial charge in [0.15, 0.2) is 5.65 Å². The van der Waals surface area contributed by atoms with E-state index < -0.39 is 0 Å². The Bertz CT molecular complexity index is 1310. The van der Waals surface area contributed by atoms with Gasteiger partial charge in [-0.15, -0.1) is 0 Å². The van der Waals surface area contributed by atoms with E-state index in [9.17, 15) is 4.79 Å². The van der Waals surface area contributed by atoms with Gasteiger partial charge in [0.2, 0.25) is 5.95 Å². The largest absolute Gasteiger partial charge is 0.374 e. The first-order valence-electron chi connectivity index (χ1n) is 12.9. The van der Waals surface area contributed by atoms with Crippen molar-refractivity contribution in [2.24, 2.45) is 0 Å². The molecule has 9 nitrogen and oxygen atoms in total. The zero-order valence-electron chi connectivity index (χ0n) is 20.4. The van der Waals surface area contributed by atoms with Gasteiger partial charge in [-0.1, -0.05) is 12.1 Å². The number of nitrogens with one attached hydrogen (secondary N) is 1. The standard InChI is InChI=1S/C27H30N6O3/c1-28-26(34)17-4-2-3-16(9-17)23-10-24(32-12-20-7-8-21(13-32)36-20)22-11-29-27(31-25(22)30-23)33-14-19-6-5-18(33)15-35-19/h2-4,9-11,18-21H,5-8,12-15H2,1H3,(H,28,34). The number of ether oxygens (including phenoxy) is 2. The molecule has 5 aliphatic heterocycles. The second-order valence-electron chi connectivity index (χ2n) is 10.3. The average Bonchev–Trinajstić information content (AvgIpc) is 3.29. The lowest BCUT2D eigenvalue weighted by atomic mass is 9.97. The van der Waals surface area contributed by atoms with Gasteiger partial charge in [-0.05, 0) is 43.9 Å². The fraction of sp³-hybridized carbons (Fsp3) is 0.481. The second-order valence-corrected chi connectivity index (χ2v) is 10.3. The number of pyridine rings is 1. The Morgan fingerprint density at radius 1 is 1.03 bits per heavy atom. The van der Waals surface area contributed by atoms with Crippen molar-refractivity contribution in [1.29, 1.82) is 0 Å². The molecule has 4 unspecified atom stereocenters. The SMILES string of the molecule is CNC(=O)c1cccc(-c2cc(N3CC4CCC(C3)O4)c3cnc(N4CC5CCC4CO5)nc3n2)c1. The van der Waals surface area contributed by atoms with E-state index in [0.717, 1.165) is 80.2 Å². The summed E-state index contributed by atoms with van der Waals surface area (Å²) in [6.45, 7) is 3.25. The molecule has 36 heavy (non-hydrogen) atoms. The van der Waals surface area contributed by atoms with Crippen LogP contribution in [0.15, 0.2) is 36.5 Å². The lowest BCUT2D eigenvalue weighted by molar-refractivity contribution is -0.0232. The first-order chi connectivity index (χ1) is 17.6. The molecule has 4 bridgehead atoms. The Kier molecular flexibility index (Phi) is 5.28. The second kappa shape index (κ2) is 8.67. The molecule has 1 aromatic carbocycles. The van der Waals surface area contributed by atoms with Crippen LogP contribution in [0.3, 0.4) is 0 Å². The highest BCUT2D eigenvalue weighted by Gasteiger charge is 2.37. The Morgan fingerprint density at radius 2 is 1.86 bits per heavy atom. The van der Waals surface area contributed by atoms with Gasteiger partial charge in [0.25, 0.3) is 5.91 Å². The molecule has 0 radical (unpaired) electrons. The van der Waals surface area contributed by atoms with Crippen LogP contribution in [0, 0.1) is 0 Å². The molecular weight excluding hydrogens is 456 g/mol. The van der Waals surface area contributed by atoms with Gasteiger partial charge in [-0.25, -0.2) is 9.97 Å². The molecule has 0 spiro atoms. The zero-order valence-corrected chi connectivity index (χ0v) is 20.4. The fourth-order valence-corrected chi connectivity index (χ4v) is 6.10. The highest BCUT2D eigenvalue weighted by Crippen LogP contribution is 2.36. The van der Waals surface area contributed by atoms with Gasteiger partial charge in [-0.2, -0.15) is 4.98 Å². The van der Waals surface area contributed by atoms with Crippen LogP contribution in [0.1, 0.15) is 36.0 Å². The van der Waals surface area contributed by atoms with E-state index in [2.05, 4.69) is 21.2 Å². The molecule has 7 heterocycles. The fourth-order valence-electron chi connectivity index (χ4n) is 6.10. The number of fused-ring (bicyclic) bond motifs is 6. The summed E-state index contributed by atoms with van der Waals surface area (Å²) in [7, 11) is 1.64. The highest BCUT2D eigenvalue weighted by atomic mass is 16.5. The monoisotopic (exact) mass is 486 g/mol. The molecule has 2 aromatic heterocycles. The summed E-state index contributed by atoms with van der Waals surface area (Å²) < 4.78 is 12.0. The Balaban J connectivity index is 1.34. The van der Waals surface area contributed by atoms with E-state index in [0.29, 0.717) is 17.3 Å². The van der Waals surface area contributed by atoms with Crippen molar-refractivity contribution in [2.45, 2.75) is 50.0 Å². The van der Waals surface area contributed by atoms with Crippen molar-refractivity contribution in [3.63, 3.8) is 0 Å². The summed E-state index contributed by atoms with van der Waals surface area (Å²) in [4.78, 5) is 31.8. The number of hydrogen-bond donors (Lipinski definition) is 1. The van der Waals surface area contributed by atoms with Crippen LogP contribution in [0.25, 0.3) is 22.3 Å². The van der Waals surface area contributed by atoms with Crippen LogP contribution in [0.5, 0.6) is 0 Å². The van der Waals surface area contributed by atoms with Gasteiger partial charge in [0, 0.05) is 44.0 Å². The molecule has 186 valence electrons. The predicted octanol–water partition coefficient (Wildman–Crippen LogP) is 2.79. The maximum Gasteiger partial charge on any atom is 0.251 e. The van der Waals surface area contributed by atoms with Gasteiger partial charge in [0.1, 0.15) is 0 Å². The molecule has 5 aliphatic rings. The van der Waals surface area contributed by atoms with Crippen molar-refractivity contribution >= 4 is 28.6 Å². The minimum Gasteiger partial charge on any atom is -0.374 e. The number of morpholine rings is 2. The third kappa shape index (κ3) is 3.77. The van der Waals surface area contributed by atoms with Crippen molar-refractivity contribution in [1.82, 2.24) is 20.3 Å². The molecule has 5 saturated heterocycles. The molecule has 9 heteroatoms. The molecule has 4 atom stereocenters. The smallest absolute Gasteiger partial charge is 0.251 e. The summed E-state index contributed by atoms with van der Waals surface area (Å²) in [5, 5.41) is 3.66. The number of anilines is 2. The first-order valence-corrected chi connectivity index (χ1v) is 12.9. The number of piperidine rings is 1. The lowest BCUT2D eigenvalue weighted by Crippen LogP contribution is -2.55. The molecule has 5 fully saturated rings. The molecule has 0 saturated carbocycles. The lowest BCUT2D eigenvalue weighted by Gasteiger charge is -2.45. The summed E-state index contributed by atoms with van der Waals surface area (Å²) in [5.41, 5.74) is 4.06. The summed E-state index contributed by atoms with van der Waals surface area (Å²) in [5.74, 6) is 0.604. The van der Waals surface area contributed by atoms with Crippen LogP contribution in [-0.2, 0) is 9.47 Å². The number of nitrogens with zero attached hydrogens (tertiary/aromatic N) is 5. The van der Waals surface area contributed by atoms with E-state index in [4.69, 9.17) is 24.4 Å². The van der Waals surface area contributed by atoms with Crippen LogP contribution < -0.4 is 15.1 Å². The number of rotatable bonds is 4. The van der Waals surface area contributed by atoms with Gasteiger partial charge in [-0.3, -0.25) is 4.79 Å². The van der Waals surface area contributed by atoms with E-state index in [-0.39, 0.29) is 24.2 Å². The van der Waals surface area contributed by atoms with Crippen molar-refractivity contribution < 1.29 is 14.3 Å². The van der Waals surface area contributed by atoms with E-state index in [1.54, 1.807) is 7.05 Å². The topological polar surface area (TPSA) is 92.7 Å². The Morgan fingerprint density at radius 3 is 2.58 bits per heavy atom. The maximum atomic E-state index is 12.3. The van der Waals surface area contributed by atoms with Crippen molar-refractivity contribution in [2.75, 3.05) is 43.1 Å². The predicted molar refractivity (Wildman–Crippen MR) is 136 cm³/mol. The van der Waals surface area contributed by atoms with Crippen molar-refractivity contribution in [3.8, 4) is 11.3 Å². The normalized spacial score (nSPS) is 27.0. The highest BCUT2D eigenvalue weighted by molar-refractivity contribution is 5.96. The number of carbonyl (C=O) groups excluding carboxylic acids is 1. The minimum atomic E-state index is -0.116. The third-order valence-electron chi connectivity index (χ3n) is 8.01. The number of carbonyl (C=O) groups is 1. The molecular formula is C27H30N6O3. The number of benzene rings is 1. The maximum absolute atomic E-state index is 12.3. The molecule has 1 amide bonds. The summed E-state index contributed by atoms with van der Waals surface area (Å²) in [6.07, 6.45) is 7.12. The van der Waals surface area contributed by atoms with Gasteiger partial charge in [0.05, 0.1) is 47.7 Å². The van der Waals surface area contributed by atoms with Crippen LogP contribution in [0.4, 0.5) is 11.6 Å². The minimum absolute atomic E-state index is 0.116. The van der Waals surface area contributed by atoms with Gasteiger partial charge >= 0.3 is 0 Å². The first kappa shape index (κ1) is 21.9. The number of aromatic nitrogens is 3. The third-order valence-corrected chi connectivity index (χ3v) is 8.01. The van der Waals surface area contributed by atoms with Gasteiger partial charge < -0.3 is 24.6 Å². The number of amides is 1. The quantitative estimate of drug-likeness (QED) is 0.602. The van der Waals surface area contributed by atoms with Crippen molar-refractivity contribution in [3.05, 3.63) is 42.1 Å². The van der Waals surface area contributed by atoms with E-state index in [1.165, 1.54) is 0 Å². The van der Waals surface area contributed by atoms with E-state index in [1.807, 2.05) is 30.5 Å².